The maximum Gasteiger partial charge on any atom is 0.248 e. The van der Waals surface area contributed by atoms with Crippen molar-refractivity contribution in [2.45, 2.75) is 44.1 Å². The lowest BCUT2D eigenvalue weighted by molar-refractivity contribution is -0.114. The van der Waals surface area contributed by atoms with Gasteiger partial charge in [0.15, 0.2) is 0 Å². The number of nitrogens with two attached hydrogens (primary N) is 1. The Hall–Kier alpha value is -3.02. The molecule has 1 saturated carbocycles. The van der Waals surface area contributed by atoms with Crippen LogP contribution in [0.25, 0.3) is 15.9 Å². The standard InChI is InChI=1S/C17H17F2N5O2/c1-21-12(14(20)25)3-2-10-8-22-15-13(10)16(24-9-23-15)26-11-4-6-17(18,19)7-5-11/h3,8-9,11H,2,4-7H2,(H2,20,25)(H,22,23,24)/b12-3-. The van der Waals surface area contributed by atoms with Crippen LogP contribution in [-0.2, 0) is 11.2 Å². The summed E-state index contributed by atoms with van der Waals surface area (Å²) in [6.07, 6.45) is 4.45. The number of primary amides is 1. The van der Waals surface area contributed by atoms with E-state index < -0.39 is 11.8 Å². The van der Waals surface area contributed by atoms with Crippen LogP contribution < -0.4 is 10.5 Å². The quantitative estimate of drug-likeness (QED) is 0.632. The maximum absolute atomic E-state index is 13.3. The first-order chi connectivity index (χ1) is 12.4. The van der Waals surface area contributed by atoms with E-state index >= 15 is 0 Å². The van der Waals surface area contributed by atoms with Crippen molar-refractivity contribution in [1.82, 2.24) is 15.0 Å². The zero-order valence-electron chi connectivity index (χ0n) is 13.8. The number of aromatic nitrogens is 3. The summed E-state index contributed by atoms with van der Waals surface area (Å²) in [7, 11) is 0. The molecule has 136 valence electrons. The highest BCUT2D eigenvalue weighted by molar-refractivity contribution is 5.94. The molecule has 1 amide bonds. The van der Waals surface area contributed by atoms with E-state index in [0.29, 0.717) is 16.9 Å². The van der Waals surface area contributed by atoms with E-state index in [0.717, 1.165) is 5.56 Å². The van der Waals surface area contributed by atoms with Crippen LogP contribution in [0.5, 0.6) is 5.88 Å². The number of ether oxygens (including phenoxy) is 1. The van der Waals surface area contributed by atoms with Gasteiger partial charge in [-0.3, -0.25) is 4.79 Å². The Morgan fingerprint density at radius 2 is 2.19 bits per heavy atom. The molecular weight excluding hydrogens is 344 g/mol. The normalized spacial score (nSPS) is 17.8. The number of halogens is 2. The van der Waals surface area contributed by atoms with Gasteiger partial charge in [0, 0.05) is 19.0 Å². The minimum Gasteiger partial charge on any atom is -0.474 e. The van der Waals surface area contributed by atoms with Crippen LogP contribution in [0.1, 0.15) is 31.2 Å². The van der Waals surface area contributed by atoms with E-state index in [1.54, 1.807) is 6.20 Å². The van der Waals surface area contributed by atoms with E-state index in [1.807, 2.05) is 0 Å². The number of nitrogens with one attached hydrogen (secondary N) is 1. The fourth-order valence-electron chi connectivity index (χ4n) is 2.94. The Labute approximate surface area is 148 Å². The fraction of sp³-hybridized carbons (Fsp3) is 0.412. The van der Waals surface area contributed by atoms with Gasteiger partial charge in [-0.2, -0.15) is 0 Å². The molecule has 0 saturated heterocycles. The third kappa shape index (κ3) is 3.79. The SMILES string of the molecule is [C-]#[N+]/C(=C\Cc1c[nH]c2ncnc(OC3CCC(F)(F)CC3)c12)C(N)=O. The van der Waals surface area contributed by atoms with Crippen molar-refractivity contribution in [3.05, 3.63) is 41.3 Å². The van der Waals surface area contributed by atoms with Gasteiger partial charge in [-0.15, -0.1) is 0 Å². The van der Waals surface area contributed by atoms with Crippen LogP contribution in [0.15, 0.2) is 24.3 Å². The Kier molecular flexibility index (Phi) is 4.84. The molecule has 1 aliphatic carbocycles. The van der Waals surface area contributed by atoms with Crippen LogP contribution in [0.3, 0.4) is 0 Å². The maximum atomic E-state index is 13.3. The van der Waals surface area contributed by atoms with Gasteiger partial charge in [0.25, 0.3) is 0 Å². The second-order valence-corrected chi connectivity index (χ2v) is 6.16. The van der Waals surface area contributed by atoms with Gasteiger partial charge in [-0.05, 0) is 24.8 Å². The van der Waals surface area contributed by atoms with Crippen LogP contribution in [0, 0.1) is 6.57 Å². The van der Waals surface area contributed by atoms with E-state index in [1.165, 1.54) is 12.4 Å². The lowest BCUT2D eigenvalue weighted by Gasteiger charge is -2.28. The second kappa shape index (κ2) is 7.07. The molecule has 3 rings (SSSR count). The summed E-state index contributed by atoms with van der Waals surface area (Å²) >= 11 is 0. The van der Waals surface area contributed by atoms with Gasteiger partial charge < -0.3 is 15.5 Å². The number of hydrogen-bond acceptors (Lipinski definition) is 4. The fourth-order valence-corrected chi connectivity index (χ4v) is 2.94. The van der Waals surface area contributed by atoms with E-state index in [9.17, 15) is 13.6 Å². The molecular formula is C17H17F2N5O2. The molecule has 2 aromatic heterocycles. The molecule has 9 heteroatoms. The smallest absolute Gasteiger partial charge is 0.248 e. The highest BCUT2D eigenvalue weighted by Gasteiger charge is 2.36. The van der Waals surface area contributed by atoms with Crippen molar-refractivity contribution < 1.29 is 18.3 Å². The van der Waals surface area contributed by atoms with E-state index in [2.05, 4.69) is 19.8 Å². The molecule has 0 bridgehead atoms. The number of fused-ring (bicyclic) bond motifs is 1. The number of aromatic amines is 1. The minimum atomic E-state index is -2.63. The zero-order chi connectivity index (χ0) is 18.7. The number of nitrogens with zero attached hydrogens (tertiary/aromatic N) is 3. The van der Waals surface area contributed by atoms with Gasteiger partial charge in [-0.25, -0.2) is 23.6 Å². The second-order valence-electron chi connectivity index (χ2n) is 6.16. The molecule has 1 fully saturated rings. The number of carbonyl (C=O) groups excluding carboxylic acids is 1. The molecule has 0 spiro atoms. The molecule has 0 aromatic carbocycles. The summed E-state index contributed by atoms with van der Waals surface area (Å²) in [4.78, 5) is 25.5. The highest BCUT2D eigenvalue weighted by Crippen LogP contribution is 2.36. The average Bonchev–Trinajstić information content (AvgIpc) is 3.01. The Bertz CT molecular complexity index is 890. The first-order valence-electron chi connectivity index (χ1n) is 8.12. The topological polar surface area (TPSA) is 98.2 Å². The van der Waals surface area contributed by atoms with Gasteiger partial charge in [0.2, 0.25) is 23.4 Å². The Balaban J connectivity index is 1.84. The third-order valence-electron chi connectivity index (χ3n) is 4.35. The van der Waals surface area contributed by atoms with Gasteiger partial charge in [-0.1, -0.05) is 6.08 Å². The number of rotatable bonds is 5. The summed E-state index contributed by atoms with van der Waals surface area (Å²) in [5.74, 6) is -3.12. The molecule has 0 unspecified atom stereocenters. The molecule has 1 aliphatic rings. The molecule has 7 nitrogen and oxygen atoms in total. The number of alkyl halides is 2. The lowest BCUT2D eigenvalue weighted by atomic mass is 9.94. The van der Waals surface area contributed by atoms with Crippen LogP contribution >= 0.6 is 0 Å². The molecule has 0 radical (unpaired) electrons. The summed E-state index contributed by atoms with van der Waals surface area (Å²) < 4.78 is 32.5. The monoisotopic (exact) mass is 361 g/mol. The summed E-state index contributed by atoms with van der Waals surface area (Å²) in [6, 6.07) is 0. The first kappa shape index (κ1) is 17.8. The van der Waals surface area contributed by atoms with Crippen molar-refractivity contribution in [2.75, 3.05) is 0 Å². The number of carbonyl (C=O) groups is 1. The van der Waals surface area contributed by atoms with Crippen molar-refractivity contribution in [3.63, 3.8) is 0 Å². The molecule has 2 heterocycles. The Morgan fingerprint density at radius 1 is 1.46 bits per heavy atom. The molecule has 0 aliphatic heterocycles. The van der Waals surface area contributed by atoms with E-state index in [4.69, 9.17) is 17.0 Å². The van der Waals surface area contributed by atoms with Crippen molar-refractivity contribution >= 4 is 16.9 Å². The van der Waals surface area contributed by atoms with Crippen molar-refractivity contribution in [2.24, 2.45) is 5.73 Å². The summed E-state index contributed by atoms with van der Waals surface area (Å²) in [6.45, 7) is 6.96. The first-order valence-corrected chi connectivity index (χ1v) is 8.12. The molecule has 0 atom stereocenters. The number of allylic oxidation sites excluding steroid dienone is 1. The predicted molar refractivity (Wildman–Crippen MR) is 89.3 cm³/mol. The summed E-state index contributed by atoms with van der Waals surface area (Å²) in [5, 5.41) is 0.606. The predicted octanol–water partition coefficient (Wildman–Crippen LogP) is 2.75. The molecule has 2 aromatic rings. The van der Waals surface area contributed by atoms with Crippen LogP contribution in [0.4, 0.5) is 8.78 Å². The van der Waals surface area contributed by atoms with Gasteiger partial charge >= 0.3 is 0 Å². The van der Waals surface area contributed by atoms with Crippen molar-refractivity contribution in [1.29, 1.82) is 0 Å². The zero-order valence-corrected chi connectivity index (χ0v) is 13.8. The largest absolute Gasteiger partial charge is 0.474 e. The van der Waals surface area contributed by atoms with Gasteiger partial charge in [0.05, 0.1) is 12.0 Å². The third-order valence-corrected chi connectivity index (χ3v) is 4.35. The Morgan fingerprint density at radius 3 is 2.85 bits per heavy atom. The van der Waals surface area contributed by atoms with E-state index in [-0.39, 0.29) is 43.9 Å². The van der Waals surface area contributed by atoms with Crippen molar-refractivity contribution in [3.8, 4) is 5.88 Å². The van der Waals surface area contributed by atoms with Crippen LogP contribution in [-0.4, -0.2) is 32.9 Å². The minimum absolute atomic E-state index is 0.159. The van der Waals surface area contributed by atoms with Gasteiger partial charge in [0.1, 0.15) is 18.1 Å². The highest BCUT2D eigenvalue weighted by atomic mass is 19.3. The number of H-pyrrole nitrogens is 1. The molecule has 3 N–H and O–H groups in total. The lowest BCUT2D eigenvalue weighted by Crippen LogP contribution is -2.31. The van der Waals surface area contributed by atoms with Crippen LogP contribution in [0.2, 0.25) is 0 Å². The number of hydrogen-bond donors (Lipinski definition) is 2. The average molecular weight is 361 g/mol. The molecule has 26 heavy (non-hydrogen) atoms. The summed E-state index contributed by atoms with van der Waals surface area (Å²) in [5.41, 5.74) is 6.23. The number of amides is 1.